The van der Waals surface area contributed by atoms with Gasteiger partial charge >= 0.3 is 14.2 Å². The van der Waals surface area contributed by atoms with E-state index in [1.165, 1.54) is 48.5 Å². The molecule has 4 nitrogen and oxygen atoms in total. The first-order valence-electron chi connectivity index (χ1n) is 5.73. The summed E-state index contributed by atoms with van der Waals surface area (Å²) >= 11 is 0. The van der Waals surface area contributed by atoms with Crippen LogP contribution in [-0.4, -0.2) is 6.36 Å². The maximum absolute atomic E-state index is 12.4. The number of phosphoric ester groups is 1. The average Bonchev–Trinajstić information content (AvgIpc) is 2.38. The lowest BCUT2D eigenvalue weighted by Gasteiger charge is -2.19. The van der Waals surface area contributed by atoms with Gasteiger partial charge < -0.3 is 9.05 Å². The number of rotatable bonds is 5. The van der Waals surface area contributed by atoms with Gasteiger partial charge in [-0.1, -0.05) is 36.4 Å². The molecule has 0 spiro atoms. The van der Waals surface area contributed by atoms with Crippen LogP contribution in [0, 0.1) is 0 Å². The minimum Gasteiger partial charge on any atom is -0.395 e. The molecular formula is C13H10F3O4P. The summed E-state index contributed by atoms with van der Waals surface area (Å²) in [6.45, 7) is 0. The molecule has 0 N–H and O–H groups in total. The highest BCUT2D eigenvalue weighted by molar-refractivity contribution is 7.49. The second-order valence-electron chi connectivity index (χ2n) is 3.79. The van der Waals surface area contributed by atoms with Crippen LogP contribution in [0.3, 0.4) is 0 Å². The highest BCUT2D eigenvalue weighted by atomic mass is 31.2. The molecule has 8 heteroatoms. The van der Waals surface area contributed by atoms with Gasteiger partial charge in [-0.3, -0.25) is 0 Å². The van der Waals surface area contributed by atoms with Crippen molar-refractivity contribution in [2.24, 2.45) is 0 Å². The van der Waals surface area contributed by atoms with Crippen LogP contribution in [0.25, 0.3) is 0 Å². The number of halogens is 3. The Morgan fingerprint density at radius 2 is 1.14 bits per heavy atom. The molecule has 0 aliphatic rings. The summed E-state index contributed by atoms with van der Waals surface area (Å²) in [5.74, 6) is -0.137. The molecule has 0 saturated carbocycles. The lowest BCUT2D eigenvalue weighted by Crippen LogP contribution is -2.16. The lowest BCUT2D eigenvalue weighted by atomic mass is 10.3. The predicted molar refractivity (Wildman–Crippen MR) is 68.9 cm³/mol. The van der Waals surface area contributed by atoms with E-state index in [1.807, 2.05) is 0 Å². The fourth-order valence-corrected chi connectivity index (χ4v) is 2.53. The molecule has 0 fully saturated rings. The molecule has 0 aliphatic carbocycles. The largest absolute Gasteiger partial charge is 0.594 e. The van der Waals surface area contributed by atoms with Crippen molar-refractivity contribution in [3.63, 3.8) is 0 Å². The van der Waals surface area contributed by atoms with Crippen molar-refractivity contribution in [2.75, 3.05) is 0 Å². The second kappa shape index (κ2) is 6.20. The SMILES string of the molecule is O=P(Oc1ccccc1)(Oc1ccccc1)OC(F)(F)F. The first-order chi connectivity index (χ1) is 9.86. The second-order valence-corrected chi connectivity index (χ2v) is 5.24. The van der Waals surface area contributed by atoms with E-state index in [0.29, 0.717) is 0 Å². The van der Waals surface area contributed by atoms with Crippen LogP contribution in [0.4, 0.5) is 13.2 Å². The van der Waals surface area contributed by atoms with Crippen molar-refractivity contribution in [1.29, 1.82) is 0 Å². The molecule has 0 aromatic heterocycles. The summed E-state index contributed by atoms with van der Waals surface area (Å²) in [4.78, 5) is 0. The van der Waals surface area contributed by atoms with Gasteiger partial charge in [0.2, 0.25) is 0 Å². The van der Waals surface area contributed by atoms with E-state index in [-0.39, 0.29) is 11.5 Å². The Hall–Kier alpha value is -1.98. The van der Waals surface area contributed by atoms with E-state index in [1.54, 1.807) is 12.1 Å². The highest BCUT2D eigenvalue weighted by Gasteiger charge is 2.45. The third-order valence-corrected chi connectivity index (χ3v) is 3.44. The average molecular weight is 318 g/mol. The molecule has 2 aromatic rings. The smallest absolute Gasteiger partial charge is 0.395 e. The van der Waals surface area contributed by atoms with Crippen molar-refractivity contribution in [1.82, 2.24) is 0 Å². The van der Waals surface area contributed by atoms with Gasteiger partial charge in [0, 0.05) is 0 Å². The van der Waals surface area contributed by atoms with Gasteiger partial charge in [0.15, 0.2) is 0 Å². The Balaban J connectivity index is 2.24. The molecule has 0 bridgehead atoms. The van der Waals surface area contributed by atoms with Gasteiger partial charge in [-0.05, 0) is 24.3 Å². The van der Waals surface area contributed by atoms with E-state index in [9.17, 15) is 17.7 Å². The van der Waals surface area contributed by atoms with E-state index >= 15 is 0 Å². The van der Waals surface area contributed by atoms with Crippen molar-refractivity contribution >= 4 is 7.82 Å². The van der Waals surface area contributed by atoms with Crippen LogP contribution in [0.2, 0.25) is 0 Å². The molecule has 112 valence electrons. The Labute approximate surface area is 118 Å². The van der Waals surface area contributed by atoms with Gasteiger partial charge in [-0.15, -0.1) is 13.2 Å². The molecule has 2 rings (SSSR count). The van der Waals surface area contributed by atoms with E-state index in [0.717, 1.165) is 0 Å². The highest BCUT2D eigenvalue weighted by Crippen LogP contribution is 2.53. The minimum atomic E-state index is -5.17. The van der Waals surface area contributed by atoms with E-state index in [2.05, 4.69) is 4.52 Å². The van der Waals surface area contributed by atoms with Gasteiger partial charge in [-0.2, -0.15) is 4.52 Å². The molecule has 0 radical (unpaired) electrons. The molecule has 0 aliphatic heterocycles. The van der Waals surface area contributed by atoms with Crippen LogP contribution in [0.1, 0.15) is 0 Å². The molecule has 2 aromatic carbocycles. The Morgan fingerprint density at radius 3 is 1.48 bits per heavy atom. The van der Waals surface area contributed by atoms with Crippen molar-refractivity contribution in [2.45, 2.75) is 6.36 Å². The zero-order chi connectivity index (χ0) is 15.3. The number of alkyl halides is 3. The first-order valence-corrected chi connectivity index (χ1v) is 7.19. The predicted octanol–water partition coefficient (Wildman–Crippen LogP) is 4.79. The summed E-state index contributed by atoms with van der Waals surface area (Å²) in [6, 6.07) is 14.6. The number of phosphoric acid groups is 1. The number of hydrogen-bond acceptors (Lipinski definition) is 4. The standard InChI is InChI=1S/C13H10F3O4P/c14-13(15,16)20-21(17,18-11-7-3-1-4-8-11)19-12-9-5-2-6-10-12/h1-10H. The summed E-state index contributed by atoms with van der Waals surface area (Å²) in [7, 11) is -4.91. The Kier molecular flexibility index (Phi) is 4.55. The summed E-state index contributed by atoms with van der Waals surface area (Å²) < 4.78 is 62.5. The fourth-order valence-electron chi connectivity index (χ4n) is 1.40. The van der Waals surface area contributed by atoms with E-state index in [4.69, 9.17) is 9.05 Å². The zero-order valence-electron chi connectivity index (χ0n) is 10.5. The van der Waals surface area contributed by atoms with Crippen molar-refractivity contribution in [3.8, 4) is 11.5 Å². The molecular weight excluding hydrogens is 308 g/mol. The number of benzene rings is 2. The molecule has 0 unspecified atom stereocenters. The normalized spacial score (nSPS) is 12.0. The first kappa shape index (κ1) is 15.4. The van der Waals surface area contributed by atoms with Crippen molar-refractivity contribution in [3.05, 3.63) is 60.7 Å². The van der Waals surface area contributed by atoms with Crippen molar-refractivity contribution < 1.29 is 31.3 Å². The molecule has 21 heavy (non-hydrogen) atoms. The minimum absolute atomic E-state index is 0.0685. The van der Waals surface area contributed by atoms with Crippen LogP contribution >= 0.6 is 7.82 Å². The summed E-state index contributed by atoms with van der Waals surface area (Å²) in [5, 5.41) is 0. The number of hydrogen-bond donors (Lipinski definition) is 0. The van der Waals surface area contributed by atoms with Gasteiger partial charge in [0.05, 0.1) is 0 Å². The Morgan fingerprint density at radius 1 is 0.762 bits per heavy atom. The summed E-state index contributed by atoms with van der Waals surface area (Å²) in [6.07, 6.45) is -5.17. The molecule has 0 amide bonds. The molecule has 0 saturated heterocycles. The van der Waals surface area contributed by atoms with Crippen LogP contribution < -0.4 is 9.05 Å². The van der Waals surface area contributed by atoms with Gasteiger partial charge in [0.1, 0.15) is 11.5 Å². The zero-order valence-corrected chi connectivity index (χ0v) is 11.4. The monoisotopic (exact) mass is 318 g/mol. The Bertz CT molecular complexity index is 571. The van der Waals surface area contributed by atoms with E-state index < -0.39 is 14.2 Å². The lowest BCUT2D eigenvalue weighted by molar-refractivity contribution is -0.280. The third kappa shape index (κ3) is 5.13. The maximum atomic E-state index is 12.4. The molecule has 0 atom stereocenters. The summed E-state index contributed by atoms with van der Waals surface area (Å²) in [5.41, 5.74) is 0. The van der Waals surface area contributed by atoms with Gasteiger partial charge in [0.25, 0.3) is 0 Å². The van der Waals surface area contributed by atoms with Crippen LogP contribution in [0.15, 0.2) is 60.7 Å². The topological polar surface area (TPSA) is 44.8 Å². The van der Waals surface area contributed by atoms with Gasteiger partial charge in [-0.25, -0.2) is 4.57 Å². The van der Waals surface area contributed by atoms with Crippen LogP contribution in [-0.2, 0) is 9.09 Å². The maximum Gasteiger partial charge on any atom is 0.594 e. The fraction of sp³-hybridized carbons (Fsp3) is 0.0769. The van der Waals surface area contributed by atoms with Crippen LogP contribution in [0.5, 0.6) is 11.5 Å². The number of para-hydroxylation sites is 2. The third-order valence-electron chi connectivity index (χ3n) is 2.14. The molecule has 0 heterocycles. The quantitative estimate of drug-likeness (QED) is 0.744.